The van der Waals surface area contributed by atoms with Crippen LogP contribution >= 0.6 is 11.8 Å². The molecule has 2 aliphatic heterocycles. The van der Waals surface area contributed by atoms with Gasteiger partial charge in [0.2, 0.25) is 11.8 Å². The Morgan fingerprint density at radius 3 is 2.61 bits per heavy atom. The number of amides is 2. The van der Waals surface area contributed by atoms with Crippen molar-refractivity contribution >= 4 is 23.6 Å². The largest absolute Gasteiger partial charge is 0.353 e. The van der Waals surface area contributed by atoms with E-state index in [4.69, 9.17) is 0 Å². The first-order valence-electron chi connectivity index (χ1n) is 8.15. The average Bonchev–Trinajstić information content (AvgIpc) is 3.22. The first-order valence-corrected chi connectivity index (χ1v) is 9.31. The number of rotatable bonds is 6. The van der Waals surface area contributed by atoms with E-state index in [0.717, 1.165) is 13.1 Å². The Labute approximate surface area is 141 Å². The van der Waals surface area contributed by atoms with Crippen LogP contribution in [0.2, 0.25) is 0 Å². The monoisotopic (exact) mass is 333 g/mol. The molecule has 0 radical (unpaired) electrons. The van der Waals surface area contributed by atoms with Crippen LogP contribution in [0.4, 0.5) is 0 Å². The highest BCUT2D eigenvalue weighted by Crippen LogP contribution is 2.24. The molecule has 0 saturated carbocycles. The predicted molar refractivity (Wildman–Crippen MR) is 92.0 cm³/mol. The molecule has 1 aromatic carbocycles. The molecule has 0 aromatic heterocycles. The second kappa shape index (κ2) is 7.84. The quantitative estimate of drug-likeness (QED) is 0.857. The van der Waals surface area contributed by atoms with Crippen molar-refractivity contribution < 1.29 is 9.59 Å². The molecule has 0 aliphatic carbocycles. The smallest absolute Gasteiger partial charge is 0.239 e. The van der Waals surface area contributed by atoms with Gasteiger partial charge < -0.3 is 10.2 Å². The van der Waals surface area contributed by atoms with Crippen molar-refractivity contribution in [3.63, 3.8) is 0 Å². The molecule has 124 valence electrons. The molecule has 1 N–H and O–H groups in total. The van der Waals surface area contributed by atoms with Crippen LogP contribution in [0.25, 0.3) is 0 Å². The first kappa shape index (κ1) is 16.3. The standard InChI is InChI=1S/C17H23N3O2S/c21-16(11-20-13-23-12-17(20)22)18-10-15(19-8-4-5-9-19)14-6-2-1-3-7-14/h1-3,6-7,15H,4-5,8-13H2,(H,18,21). The van der Waals surface area contributed by atoms with Gasteiger partial charge in [-0.25, -0.2) is 0 Å². The predicted octanol–water partition coefficient (Wildman–Crippen LogP) is 1.47. The van der Waals surface area contributed by atoms with E-state index in [1.54, 1.807) is 16.7 Å². The van der Waals surface area contributed by atoms with E-state index >= 15 is 0 Å². The zero-order valence-corrected chi connectivity index (χ0v) is 14.1. The van der Waals surface area contributed by atoms with Crippen LogP contribution in [0.15, 0.2) is 30.3 Å². The molecule has 23 heavy (non-hydrogen) atoms. The second-order valence-corrected chi connectivity index (χ2v) is 7.00. The number of likely N-dealkylation sites (tertiary alicyclic amines) is 1. The third-order valence-corrected chi connectivity index (χ3v) is 5.36. The van der Waals surface area contributed by atoms with Crippen molar-refractivity contribution in [2.45, 2.75) is 18.9 Å². The van der Waals surface area contributed by atoms with Crippen molar-refractivity contribution in [3.05, 3.63) is 35.9 Å². The molecule has 2 heterocycles. The summed E-state index contributed by atoms with van der Waals surface area (Å²) in [6, 6.07) is 10.6. The lowest BCUT2D eigenvalue weighted by atomic mass is 10.1. The second-order valence-electron chi connectivity index (χ2n) is 6.04. The fraction of sp³-hybridized carbons (Fsp3) is 0.529. The maximum Gasteiger partial charge on any atom is 0.239 e. The van der Waals surface area contributed by atoms with Gasteiger partial charge in [0.25, 0.3) is 0 Å². The van der Waals surface area contributed by atoms with Crippen LogP contribution in [0.3, 0.4) is 0 Å². The summed E-state index contributed by atoms with van der Waals surface area (Å²) in [5.74, 6) is 1.11. The topological polar surface area (TPSA) is 52.7 Å². The highest BCUT2D eigenvalue weighted by molar-refractivity contribution is 8.00. The van der Waals surface area contributed by atoms with Gasteiger partial charge in [0, 0.05) is 6.54 Å². The maximum atomic E-state index is 12.2. The third kappa shape index (κ3) is 4.26. The molecule has 3 rings (SSSR count). The summed E-state index contributed by atoms with van der Waals surface area (Å²) < 4.78 is 0. The Kier molecular flexibility index (Phi) is 5.56. The van der Waals surface area contributed by atoms with Gasteiger partial charge in [-0.05, 0) is 31.5 Å². The fourth-order valence-corrected chi connectivity index (χ4v) is 4.07. The van der Waals surface area contributed by atoms with Crippen LogP contribution in [0.1, 0.15) is 24.4 Å². The van der Waals surface area contributed by atoms with Crippen molar-refractivity contribution in [2.24, 2.45) is 0 Å². The highest BCUT2D eigenvalue weighted by Gasteiger charge is 2.26. The number of benzene rings is 1. The lowest BCUT2D eigenvalue weighted by Gasteiger charge is -2.28. The maximum absolute atomic E-state index is 12.2. The summed E-state index contributed by atoms with van der Waals surface area (Å²) in [5, 5.41) is 3.02. The summed E-state index contributed by atoms with van der Waals surface area (Å²) in [7, 11) is 0. The molecule has 0 spiro atoms. The molecule has 1 atom stereocenters. The minimum atomic E-state index is -0.0685. The minimum Gasteiger partial charge on any atom is -0.353 e. The normalized spacial score (nSPS) is 20.0. The van der Waals surface area contributed by atoms with Gasteiger partial charge in [0.15, 0.2) is 0 Å². The molecule has 2 amide bonds. The zero-order chi connectivity index (χ0) is 16.1. The SMILES string of the molecule is O=C(CN1CSCC1=O)NCC(c1ccccc1)N1CCCC1. The molecule has 5 nitrogen and oxygen atoms in total. The Morgan fingerprint density at radius 2 is 1.96 bits per heavy atom. The van der Waals surface area contributed by atoms with E-state index in [0.29, 0.717) is 18.2 Å². The number of hydrogen-bond acceptors (Lipinski definition) is 4. The summed E-state index contributed by atoms with van der Waals surface area (Å²) in [4.78, 5) is 27.8. The average molecular weight is 333 g/mol. The lowest BCUT2D eigenvalue weighted by molar-refractivity contribution is -0.132. The van der Waals surface area contributed by atoms with E-state index in [2.05, 4.69) is 22.3 Å². The molecule has 2 aliphatic rings. The Bertz CT molecular complexity index is 546. The van der Waals surface area contributed by atoms with Crippen molar-refractivity contribution in [2.75, 3.05) is 37.8 Å². The summed E-state index contributed by atoms with van der Waals surface area (Å²) in [5.41, 5.74) is 1.24. The van der Waals surface area contributed by atoms with Crippen LogP contribution < -0.4 is 5.32 Å². The highest BCUT2D eigenvalue weighted by atomic mass is 32.2. The Hall–Kier alpha value is -1.53. The Balaban J connectivity index is 1.58. The molecule has 6 heteroatoms. The number of nitrogens with zero attached hydrogens (tertiary/aromatic N) is 2. The first-order chi connectivity index (χ1) is 11.2. The van der Waals surface area contributed by atoms with Gasteiger partial charge in [0.1, 0.15) is 6.54 Å². The van der Waals surface area contributed by atoms with Gasteiger partial charge in [-0.1, -0.05) is 30.3 Å². The molecule has 2 saturated heterocycles. The van der Waals surface area contributed by atoms with Crippen molar-refractivity contribution in [1.82, 2.24) is 15.1 Å². The molecule has 0 bridgehead atoms. The van der Waals surface area contributed by atoms with Gasteiger partial charge in [-0.15, -0.1) is 11.8 Å². The van der Waals surface area contributed by atoms with Gasteiger partial charge in [0.05, 0.1) is 17.7 Å². The molecular weight excluding hydrogens is 310 g/mol. The lowest BCUT2D eigenvalue weighted by Crippen LogP contribution is -2.42. The molecule has 1 unspecified atom stereocenters. The number of carbonyl (C=O) groups excluding carboxylic acids is 2. The summed E-state index contributed by atoms with van der Waals surface area (Å²) in [6.07, 6.45) is 2.44. The van der Waals surface area contributed by atoms with Crippen LogP contribution in [-0.2, 0) is 9.59 Å². The third-order valence-electron chi connectivity index (χ3n) is 4.42. The van der Waals surface area contributed by atoms with E-state index in [9.17, 15) is 9.59 Å². The van der Waals surface area contributed by atoms with E-state index in [-0.39, 0.29) is 24.4 Å². The number of thioether (sulfide) groups is 1. The van der Waals surface area contributed by atoms with E-state index in [1.165, 1.54) is 18.4 Å². The summed E-state index contributed by atoms with van der Waals surface area (Å²) >= 11 is 1.56. The molecular formula is C17H23N3O2S. The number of hydrogen-bond donors (Lipinski definition) is 1. The zero-order valence-electron chi connectivity index (χ0n) is 13.2. The van der Waals surface area contributed by atoms with Crippen LogP contribution in [-0.4, -0.2) is 59.4 Å². The fourth-order valence-electron chi connectivity index (χ4n) is 3.17. The Morgan fingerprint density at radius 1 is 1.22 bits per heavy atom. The van der Waals surface area contributed by atoms with Gasteiger partial charge in [-0.2, -0.15) is 0 Å². The van der Waals surface area contributed by atoms with Gasteiger partial charge >= 0.3 is 0 Å². The van der Waals surface area contributed by atoms with Crippen LogP contribution in [0.5, 0.6) is 0 Å². The minimum absolute atomic E-state index is 0.0595. The summed E-state index contributed by atoms with van der Waals surface area (Å²) in [6.45, 7) is 2.93. The van der Waals surface area contributed by atoms with E-state index < -0.39 is 0 Å². The molecule has 1 aromatic rings. The number of carbonyl (C=O) groups is 2. The van der Waals surface area contributed by atoms with Crippen molar-refractivity contribution in [1.29, 1.82) is 0 Å². The van der Waals surface area contributed by atoms with E-state index in [1.807, 2.05) is 18.2 Å². The molecule has 2 fully saturated rings. The van der Waals surface area contributed by atoms with Crippen LogP contribution in [0, 0.1) is 0 Å². The number of nitrogens with one attached hydrogen (secondary N) is 1. The van der Waals surface area contributed by atoms with Crippen molar-refractivity contribution in [3.8, 4) is 0 Å². The van der Waals surface area contributed by atoms with Gasteiger partial charge in [-0.3, -0.25) is 14.5 Å².